The number of aliphatic hydroxyl groups excluding tert-OH is 1. The van der Waals surface area contributed by atoms with Crippen LogP contribution in [0.1, 0.15) is 18.7 Å². The van der Waals surface area contributed by atoms with Gasteiger partial charge < -0.3 is 9.63 Å². The third-order valence-corrected chi connectivity index (χ3v) is 1.89. The van der Waals surface area contributed by atoms with Crippen molar-refractivity contribution >= 4 is 0 Å². The summed E-state index contributed by atoms with van der Waals surface area (Å²) in [6.45, 7) is 0.184. The summed E-state index contributed by atoms with van der Waals surface area (Å²) in [5.41, 5.74) is 0. The largest absolute Gasteiger partial charge is 0.396 e. The lowest BCUT2D eigenvalue weighted by atomic mass is 10.2. The maximum Gasteiger partial charge on any atom is 0.239 e. The molecule has 0 aliphatic carbocycles. The van der Waals surface area contributed by atoms with Gasteiger partial charge in [0.15, 0.2) is 5.82 Å². The van der Waals surface area contributed by atoms with E-state index in [1.807, 2.05) is 0 Å². The van der Waals surface area contributed by atoms with E-state index in [-0.39, 0.29) is 6.61 Å². The molecule has 2 N–H and O–H groups in total. The van der Waals surface area contributed by atoms with Crippen molar-refractivity contribution < 1.29 is 9.63 Å². The molecule has 0 radical (unpaired) electrons. The fraction of sp³-hybridized carbons (Fsp3) is 0.500. The maximum atomic E-state index is 8.61. The minimum atomic E-state index is 0.184. The van der Waals surface area contributed by atoms with Gasteiger partial charge in [-0.15, -0.1) is 0 Å². The summed E-state index contributed by atoms with van der Waals surface area (Å²) < 4.78 is 5.00. The SMILES string of the molecule is OCCCCc1nc(-c2ncn[nH]2)no1. The highest BCUT2D eigenvalue weighted by molar-refractivity contribution is 5.39. The van der Waals surface area contributed by atoms with Crippen LogP contribution in [0.2, 0.25) is 0 Å². The van der Waals surface area contributed by atoms with Crippen LogP contribution >= 0.6 is 0 Å². The molecule has 2 rings (SSSR count). The molecule has 2 aromatic heterocycles. The first-order valence-electron chi connectivity index (χ1n) is 4.69. The first-order chi connectivity index (χ1) is 7.40. The Morgan fingerprint density at radius 2 is 2.33 bits per heavy atom. The molecule has 2 heterocycles. The number of aryl methyl sites for hydroxylation is 1. The summed E-state index contributed by atoms with van der Waals surface area (Å²) >= 11 is 0. The average molecular weight is 209 g/mol. The molecule has 0 fully saturated rings. The Morgan fingerprint density at radius 3 is 3.07 bits per heavy atom. The van der Waals surface area contributed by atoms with Gasteiger partial charge in [0.05, 0.1) is 0 Å². The molecule has 0 aliphatic rings. The maximum absolute atomic E-state index is 8.61. The van der Waals surface area contributed by atoms with E-state index in [1.165, 1.54) is 6.33 Å². The molecule has 80 valence electrons. The van der Waals surface area contributed by atoms with Gasteiger partial charge in [0.1, 0.15) is 6.33 Å². The Morgan fingerprint density at radius 1 is 1.40 bits per heavy atom. The van der Waals surface area contributed by atoms with Crippen molar-refractivity contribution in [3.05, 3.63) is 12.2 Å². The Labute approximate surface area is 85.5 Å². The van der Waals surface area contributed by atoms with E-state index >= 15 is 0 Å². The average Bonchev–Trinajstić information content (AvgIpc) is 2.87. The van der Waals surface area contributed by atoms with Crippen LogP contribution < -0.4 is 0 Å². The zero-order valence-electron chi connectivity index (χ0n) is 8.05. The highest BCUT2D eigenvalue weighted by atomic mass is 16.5. The first-order valence-corrected chi connectivity index (χ1v) is 4.69. The van der Waals surface area contributed by atoms with E-state index in [1.54, 1.807) is 0 Å². The number of nitrogens with zero attached hydrogens (tertiary/aromatic N) is 4. The van der Waals surface area contributed by atoms with E-state index in [2.05, 4.69) is 25.3 Å². The Kier molecular flexibility index (Phi) is 3.03. The van der Waals surface area contributed by atoms with Crippen molar-refractivity contribution in [2.24, 2.45) is 0 Å². The minimum absolute atomic E-state index is 0.184. The van der Waals surface area contributed by atoms with Crippen LogP contribution in [0.25, 0.3) is 11.6 Å². The molecule has 0 amide bonds. The van der Waals surface area contributed by atoms with Gasteiger partial charge in [-0.1, -0.05) is 5.16 Å². The molecule has 2 aromatic rings. The highest BCUT2D eigenvalue weighted by Crippen LogP contribution is 2.10. The molecule has 0 spiro atoms. The van der Waals surface area contributed by atoms with Crippen molar-refractivity contribution in [3.63, 3.8) is 0 Å². The number of aromatic amines is 1. The van der Waals surface area contributed by atoms with E-state index in [4.69, 9.17) is 9.63 Å². The molecule has 0 bridgehead atoms. The molecule has 0 atom stereocenters. The lowest BCUT2D eigenvalue weighted by Gasteiger charge is -1.90. The van der Waals surface area contributed by atoms with Gasteiger partial charge in [0, 0.05) is 13.0 Å². The third-order valence-electron chi connectivity index (χ3n) is 1.89. The molecular weight excluding hydrogens is 198 g/mol. The van der Waals surface area contributed by atoms with Crippen LogP contribution in [0.4, 0.5) is 0 Å². The fourth-order valence-electron chi connectivity index (χ4n) is 1.15. The zero-order chi connectivity index (χ0) is 10.5. The van der Waals surface area contributed by atoms with Crippen LogP contribution in [-0.2, 0) is 6.42 Å². The quantitative estimate of drug-likeness (QED) is 0.681. The highest BCUT2D eigenvalue weighted by Gasteiger charge is 2.09. The van der Waals surface area contributed by atoms with E-state index < -0.39 is 0 Å². The molecule has 0 saturated carbocycles. The molecule has 7 nitrogen and oxygen atoms in total. The van der Waals surface area contributed by atoms with Crippen molar-refractivity contribution in [3.8, 4) is 11.6 Å². The van der Waals surface area contributed by atoms with Gasteiger partial charge in [-0.25, -0.2) is 4.98 Å². The summed E-state index contributed by atoms with van der Waals surface area (Å²) in [6.07, 6.45) is 3.62. The molecule has 0 aromatic carbocycles. The molecule has 15 heavy (non-hydrogen) atoms. The zero-order valence-corrected chi connectivity index (χ0v) is 8.05. The van der Waals surface area contributed by atoms with Crippen LogP contribution in [-0.4, -0.2) is 37.0 Å². The molecular formula is C8H11N5O2. The Bertz CT molecular complexity index is 397. The van der Waals surface area contributed by atoms with Crippen LogP contribution in [0, 0.1) is 0 Å². The normalized spacial score (nSPS) is 10.7. The first kappa shape index (κ1) is 9.78. The van der Waals surface area contributed by atoms with Crippen molar-refractivity contribution in [2.45, 2.75) is 19.3 Å². The van der Waals surface area contributed by atoms with Gasteiger partial charge in [-0.3, -0.25) is 5.10 Å². The number of unbranched alkanes of at least 4 members (excludes halogenated alkanes) is 1. The van der Waals surface area contributed by atoms with Gasteiger partial charge >= 0.3 is 0 Å². The molecule has 0 aliphatic heterocycles. The smallest absolute Gasteiger partial charge is 0.239 e. The monoisotopic (exact) mass is 209 g/mol. The number of rotatable bonds is 5. The van der Waals surface area contributed by atoms with Gasteiger partial charge in [0.25, 0.3) is 0 Å². The van der Waals surface area contributed by atoms with E-state index in [0.29, 0.717) is 24.0 Å². The number of hydrogen-bond acceptors (Lipinski definition) is 6. The van der Waals surface area contributed by atoms with Crippen LogP contribution in [0.15, 0.2) is 10.9 Å². The van der Waals surface area contributed by atoms with Crippen molar-refractivity contribution in [2.75, 3.05) is 6.61 Å². The molecule has 0 saturated heterocycles. The van der Waals surface area contributed by atoms with Gasteiger partial charge in [-0.2, -0.15) is 10.1 Å². The second kappa shape index (κ2) is 4.65. The van der Waals surface area contributed by atoms with Crippen molar-refractivity contribution in [1.82, 2.24) is 25.3 Å². The molecule has 7 heteroatoms. The Balaban J connectivity index is 1.98. The molecule has 0 unspecified atom stereocenters. The predicted octanol–water partition coefficient (Wildman–Crippen LogP) is 0.170. The number of aromatic nitrogens is 5. The lowest BCUT2D eigenvalue weighted by Crippen LogP contribution is -1.89. The third kappa shape index (κ3) is 2.38. The number of nitrogens with one attached hydrogen (secondary N) is 1. The van der Waals surface area contributed by atoms with Gasteiger partial charge in [0.2, 0.25) is 11.7 Å². The lowest BCUT2D eigenvalue weighted by molar-refractivity contribution is 0.281. The van der Waals surface area contributed by atoms with E-state index in [0.717, 1.165) is 12.8 Å². The van der Waals surface area contributed by atoms with Gasteiger partial charge in [-0.05, 0) is 12.8 Å². The van der Waals surface area contributed by atoms with Crippen molar-refractivity contribution in [1.29, 1.82) is 0 Å². The number of hydrogen-bond donors (Lipinski definition) is 2. The topological polar surface area (TPSA) is 101 Å². The summed E-state index contributed by atoms with van der Waals surface area (Å²) in [4.78, 5) is 8.04. The predicted molar refractivity (Wildman–Crippen MR) is 49.7 cm³/mol. The summed E-state index contributed by atoms with van der Waals surface area (Å²) in [5.74, 6) is 1.45. The summed E-state index contributed by atoms with van der Waals surface area (Å²) in [5, 5.41) is 18.7. The second-order valence-corrected chi connectivity index (χ2v) is 3.03. The van der Waals surface area contributed by atoms with Crippen LogP contribution in [0.5, 0.6) is 0 Å². The fourth-order valence-corrected chi connectivity index (χ4v) is 1.15. The van der Waals surface area contributed by atoms with Crippen LogP contribution in [0.3, 0.4) is 0 Å². The van der Waals surface area contributed by atoms with E-state index in [9.17, 15) is 0 Å². The number of aliphatic hydroxyl groups is 1. The summed E-state index contributed by atoms with van der Waals surface area (Å²) in [7, 11) is 0. The Hall–Kier alpha value is -1.76. The minimum Gasteiger partial charge on any atom is -0.396 e. The number of H-pyrrole nitrogens is 1. The second-order valence-electron chi connectivity index (χ2n) is 3.03. The summed E-state index contributed by atoms with van der Waals surface area (Å²) in [6, 6.07) is 0. The standard InChI is InChI=1S/C8H11N5O2/c14-4-2-1-3-6-11-8(13-15-6)7-9-5-10-12-7/h5,14H,1-4H2,(H,9,10,12).